The lowest BCUT2D eigenvalue weighted by Gasteiger charge is -1.93. The van der Waals surface area contributed by atoms with Crippen LogP contribution in [0.3, 0.4) is 0 Å². The lowest BCUT2D eigenvalue weighted by atomic mass is 10.2. The maximum absolute atomic E-state index is 13.1. The minimum atomic E-state index is -0.460. The van der Waals surface area contributed by atoms with Gasteiger partial charge in [0.05, 0.1) is 8.49 Å². The Kier molecular flexibility index (Phi) is 2.40. The van der Waals surface area contributed by atoms with Crippen molar-refractivity contribution in [2.75, 3.05) is 0 Å². The quantitative estimate of drug-likeness (QED) is 0.458. The van der Waals surface area contributed by atoms with E-state index in [1.54, 1.807) is 6.07 Å². The number of rotatable bonds is 1. The summed E-state index contributed by atoms with van der Waals surface area (Å²) in [5.74, 6) is -0.342. The Bertz CT molecular complexity index is 525. The second kappa shape index (κ2) is 3.43. The van der Waals surface area contributed by atoms with Crippen molar-refractivity contribution in [2.45, 2.75) is 0 Å². The number of nitrogens with zero attached hydrogens (tertiary/aromatic N) is 1. The highest BCUT2D eigenvalue weighted by Gasteiger charge is 2.14. The van der Waals surface area contributed by atoms with Crippen molar-refractivity contribution in [3.8, 4) is 0 Å². The second-order valence-electron chi connectivity index (χ2n) is 2.61. The molecule has 0 amide bonds. The first-order valence-corrected chi connectivity index (χ1v) is 5.51. The maximum Gasteiger partial charge on any atom is 0.325 e. The molecule has 0 aliphatic rings. The van der Waals surface area contributed by atoms with Crippen LogP contribution in [0, 0.1) is 19.5 Å². The van der Waals surface area contributed by atoms with Crippen LogP contribution >= 0.6 is 33.9 Å². The Morgan fingerprint density at radius 1 is 1.50 bits per heavy atom. The van der Waals surface area contributed by atoms with Gasteiger partial charge in [0.1, 0.15) is 5.82 Å². The van der Waals surface area contributed by atoms with E-state index in [2.05, 4.69) is 0 Å². The van der Waals surface area contributed by atoms with E-state index in [9.17, 15) is 14.5 Å². The highest BCUT2D eigenvalue weighted by molar-refractivity contribution is 14.1. The Morgan fingerprint density at radius 3 is 2.86 bits per heavy atom. The standard InChI is InChI=1S/C8H3FINO2S/c9-5-1-2-6-4(8(5)10)3-7(14-6)11(12)13/h1-3H. The molecule has 2 aromatic rings. The minimum Gasteiger partial charge on any atom is -0.258 e. The van der Waals surface area contributed by atoms with E-state index in [1.807, 2.05) is 22.6 Å². The molecule has 6 heteroatoms. The third-order valence-electron chi connectivity index (χ3n) is 1.75. The van der Waals surface area contributed by atoms with Gasteiger partial charge in [0.15, 0.2) is 0 Å². The second-order valence-corrected chi connectivity index (χ2v) is 4.76. The Morgan fingerprint density at radius 2 is 2.21 bits per heavy atom. The SMILES string of the molecule is O=[N+]([O-])c1cc2c(I)c(F)ccc2s1. The van der Waals surface area contributed by atoms with E-state index in [0.29, 0.717) is 8.96 Å². The number of benzene rings is 1. The zero-order valence-corrected chi connectivity index (χ0v) is 9.63. The molecule has 0 fully saturated rings. The monoisotopic (exact) mass is 323 g/mol. The zero-order chi connectivity index (χ0) is 10.3. The average molecular weight is 323 g/mol. The van der Waals surface area contributed by atoms with Crippen LogP contribution in [0.1, 0.15) is 0 Å². The number of hydrogen-bond donors (Lipinski definition) is 0. The summed E-state index contributed by atoms with van der Waals surface area (Å²) >= 11 is 2.91. The van der Waals surface area contributed by atoms with Crippen LogP contribution in [0.4, 0.5) is 9.39 Å². The molecule has 0 unspecified atom stereocenters. The van der Waals surface area contributed by atoms with Crippen molar-refractivity contribution in [1.82, 2.24) is 0 Å². The Balaban J connectivity index is 2.77. The van der Waals surface area contributed by atoms with Gasteiger partial charge in [-0.2, -0.15) is 0 Å². The van der Waals surface area contributed by atoms with Crippen LogP contribution < -0.4 is 0 Å². The fourth-order valence-electron chi connectivity index (χ4n) is 1.13. The summed E-state index contributed by atoms with van der Waals surface area (Å²) in [7, 11) is 0. The van der Waals surface area contributed by atoms with Gasteiger partial charge >= 0.3 is 5.00 Å². The third-order valence-corrected chi connectivity index (χ3v) is 3.90. The van der Waals surface area contributed by atoms with Gasteiger partial charge in [0.2, 0.25) is 0 Å². The van der Waals surface area contributed by atoms with Crippen molar-refractivity contribution < 1.29 is 9.31 Å². The summed E-state index contributed by atoms with van der Waals surface area (Å²) in [6.07, 6.45) is 0. The topological polar surface area (TPSA) is 43.1 Å². The zero-order valence-electron chi connectivity index (χ0n) is 6.66. The summed E-state index contributed by atoms with van der Waals surface area (Å²) < 4.78 is 14.3. The van der Waals surface area contributed by atoms with Gasteiger partial charge in [-0.15, -0.1) is 0 Å². The minimum absolute atomic E-state index is 0.0449. The molecule has 1 aromatic carbocycles. The number of thiophene rings is 1. The number of hydrogen-bond acceptors (Lipinski definition) is 3. The van der Waals surface area contributed by atoms with Crippen LogP contribution in [0.15, 0.2) is 18.2 Å². The van der Waals surface area contributed by atoms with E-state index in [4.69, 9.17) is 0 Å². The molecule has 0 spiro atoms. The van der Waals surface area contributed by atoms with E-state index < -0.39 is 4.92 Å². The maximum atomic E-state index is 13.1. The molecule has 0 N–H and O–H groups in total. The first-order chi connectivity index (χ1) is 6.59. The molecular weight excluding hydrogens is 320 g/mol. The van der Waals surface area contributed by atoms with Crippen molar-refractivity contribution >= 4 is 49.0 Å². The van der Waals surface area contributed by atoms with Crippen LogP contribution in [0.2, 0.25) is 0 Å². The Hall–Kier alpha value is -0.760. The molecule has 0 radical (unpaired) electrons. The number of fused-ring (bicyclic) bond motifs is 1. The molecule has 1 aromatic heterocycles. The number of nitro groups is 1. The Labute approximate surface area is 95.8 Å². The predicted molar refractivity (Wildman–Crippen MR) is 61.2 cm³/mol. The highest BCUT2D eigenvalue weighted by Crippen LogP contribution is 2.34. The fourth-order valence-corrected chi connectivity index (χ4v) is 2.82. The fraction of sp³-hybridized carbons (Fsp3) is 0. The predicted octanol–water partition coefficient (Wildman–Crippen LogP) is 3.55. The van der Waals surface area contributed by atoms with Gasteiger partial charge in [-0.25, -0.2) is 4.39 Å². The van der Waals surface area contributed by atoms with Gasteiger partial charge in [-0.05, 0) is 34.7 Å². The summed E-state index contributed by atoms with van der Waals surface area (Å²) in [6, 6.07) is 4.29. The molecule has 72 valence electrons. The van der Waals surface area contributed by atoms with Gasteiger partial charge in [-0.3, -0.25) is 10.1 Å². The summed E-state index contributed by atoms with van der Waals surface area (Å²) in [4.78, 5) is 10.0. The highest BCUT2D eigenvalue weighted by atomic mass is 127. The molecular formula is C8H3FINO2S. The van der Waals surface area contributed by atoms with Gasteiger partial charge in [0, 0.05) is 16.2 Å². The molecule has 0 aliphatic heterocycles. The van der Waals surface area contributed by atoms with Crippen LogP contribution in [-0.4, -0.2) is 4.92 Å². The van der Waals surface area contributed by atoms with E-state index in [1.165, 1.54) is 12.1 Å². The lowest BCUT2D eigenvalue weighted by molar-refractivity contribution is -0.380. The van der Waals surface area contributed by atoms with Crippen LogP contribution in [0.5, 0.6) is 0 Å². The lowest BCUT2D eigenvalue weighted by Crippen LogP contribution is -1.81. The first-order valence-electron chi connectivity index (χ1n) is 3.61. The van der Waals surface area contributed by atoms with Crippen LogP contribution in [-0.2, 0) is 0 Å². The molecule has 3 nitrogen and oxygen atoms in total. The molecule has 14 heavy (non-hydrogen) atoms. The van der Waals surface area contributed by atoms with Gasteiger partial charge < -0.3 is 0 Å². The molecule has 0 bridgehead atoms. The molecule has 1 heterocycles. The number of halogens is 2. The third kappa shape index (κ3) is 1.48. The summed E-state index contributed by atoms with van der Waals surface area (Å²) in [5.41, 5.74) is 0. The smallest absolute Gasteiger partial charge is 0.258 e. The van der Waals surface area contributed by atoms with E-state index in [-0.39, 0.29) is 10.8 Å². The first kappa shape index (κ1) is 9.78. The van der Waals surface area contributed by atoms with Gasteiger partial charge in [0.25, 0.3) is 0 Å². The van der Waals surface area contributed by atoms with Crippen LogP contribution in [0.25, 0.3) is 10.1 Å². The van der Waals surface area contributed by atoms with Crippen molar-refractivity contribution in [3.05, 3.63) is 37.7 Å². The van der Waals surface area contributed by atoms with E-state index >= 15 is 0 Å². The molecule has 0 atom stereocenters. The largest absolute Gasteiger partial charge is 0.325 e. The van der Waals surface area contributed by atoms with Gasteiger partial charge in [-0.1, -0.05) is 11.3 Å². The average Bonchev–Trinajstić information content (AvgIpc) is 2.56. The summed E-state index contributed by atoms with van der Waals surface area (Å²) in [6.45, 7) is 0. The molecule has 0 saturated carbocycles. The molecule has 0 saturated heterocycles. The normalized spacial score (nSPS) is 10.7. The van der Waals surface area contributed by atoms with Crippen molar-refractivity contribution in [2.24, 2.45) is 0 Å². The molecule has 2 rings (SSSR count). The van der Waals surface area contributed by atoms with Crippen molar-refractivity contribution in [1.29, 1.82) is 0 Å². The van der Waals surface area contributed by atoms with E-state index in [0.717, 1.165) is 16.0 Å². The van der Waals surface area contributed by atoms with Crippen molar-refractivity contribution in [3.63, 3.8) is 0 Å². The summed E-state index contributed by atoms with van der Waals surface area (Å²) in [5, 5.41) is 11.1. The molecule has 0 aliphatic carbocycles.